The molecule has 1 amide bonds. The zero-order valence-electron chi connectivity index (χ0n) is 16.9. The van der Waals surface area contributed by atoms with Gasteiger partial charge in [0.1, 0.15) is 0 Å². The van der Waals surface area contributed by atoms with Gasteiger partial charge in [0.2, 0.25) is 5.91 Å². The van der Waals surface area contributed by atoms with E-state index in [0.29, 0.717) is 29.9 Å². The van der Waals surface area contributed by atoms with E-state index in [1.165, 1.54) is 20.3 Å². The highest BCUT2D eigenvalue weighted by atomic mass is 19.4. The summed E-state index contributed by atoms with van der Waals surface area (Å²) in [6, 6.07) is 4.62. The average molecular weight is 416 g/mol. The first-order chi connectivity index (χ1) is 13.7. The molecule has 0 aliphatic carbocycles. The van der Waals surface area contributed by atoms with Crippen LogP contribution in [0, 0.1) is 0 Å². The third-order valence-corrected chi connectivity index (χ3v) is 4.85. The first-order valence-corrected chi connectivity index (χ1v) is 9.55. The van der Waals surface area contributed by atoms with E-state index in [2.05, 4.69) is 5.10 Å². The molecule has 1 aliphatic rings. The summed E-state index contributed by atoms with van der Waals surface area (Å²) in [5, 5.41) is 14.4. The van der Waals surface area contributed by atoms with Gasteiger partial charge >= 0.3 is 6.18 Å². The Balaban J connectivity index is 2.20. The van der Waals surface area contributed by atoms with Crippen molar-refractivity contribution in [1.29, 1.82) is 0 Å². The number of aliphatic hydroxyl groups is 1. The smallest absolute Gasteiger partial charge is 0.438 e. The van der Waals surface area contributed by atoms with E-state index >= 15 is 0 Å². The maximum absolute atomic E-state index is 13.6. The second-order valence-corrected chi connectivity index (χ2v) is 7.04. The number of amides is 1. The summed E-state index contributed by atoms with van der Waals surface area (Å²) in [7, 11) is 2.87. The van der Waals surface area contributed by atoms with Crippen LogP contribution in [0.1, 0.15) is 51.0 Å². The van der Waals surface area contributed by atoms with E-state index in [4.69, 9.17) is 9.47 Å². The number of halogens is 3. The largest absolute Gasteiger partial charge is 0.493 e. The Bertz CT molecular complexity index is 752. The second kappa shape index (κ2) is 9.47. The number of hydrogen-bond donors (Lipinski definition) is 1. The van der Waals surface area contributed by atoms with Crippen LogP contribution in [-0.4, -0.2) is 47.9 Å². The molecule has 29 heavy (non-hydrogen) atoms. The van der Waals surface area contributed by atoms with Crippen molar-refractivity contribution in [2.75, 3.05) is 14.2 Å². The molecule has 1 atom stereocenters. The number of ether oxygens (including phenoxy) is 2. The van der Waals surface area contributed by atoms with E-state index < -0.39 is 24.2 Å². The first-order valence-electron chi connectivity index (χ1n) is 9.55. The quantitative estimate of drug-likeness (QED) is 0.617. The third-order valence-electron chi connectivity index (χ3n) is 4.85. The van der Waals surface area contributed by atoms with Crippen LogP contribution in [0.2, 0.25) is 0 Å². The fourth-order valence-corrected chi connectivity index (χ4v) is 3.24. The fourth-order valence-electron chi connectivity index (χ4n) is 3.24. The predicted molar refractivity (Wildman–Crippen MR) is 102 cm³/mol. The van der Waals surface area contributed by atoms with Gasteiger partial charge in [0.15, 0.2) is 11.5 Å². The zero-order valence-corrected chi connectivity index (χ0v) is 16.9. The molecule has 2 rings (SSSR count). The lowest BCUT2D eigenvalue weighted by Crippen LogP contribution is -2.57. The van der Waals surface area contributed by atoms with E-state index in [0.717, 1.165) is 19.3 Å². The topological polar surface area (TPSA) is 71.4 Å². The predicted octanol–water partition coefficient (Wildman–Crippen LogP) is 4.06. The van der Waals surface area contributed by atoms with Gasteiger partial charge in [-0.2, -0.15) is 23.3 Å². The Morgan fingerprint density at radius 3 is 2.48 bits per heavy atom. The van der Waals surface area contributed by atoms with Crippen molar-refractivity contribution in [2.24, 2.45) is 5.10 Å². The zero-order chi connectivity index (χ0) is 21.7. The van der Waals surface area contributed by atoms with E-state index in [1.807, 2.05) is 6.92 Å². The van der Waals surface area contributed by atoms with Crippen LogP contribution in [0.4, 0.5) is 13.2 Å². The van der Waals surface area contributed by atoms with Crippen LogP contribution in [0.25, 0.3) is 0 Å². The van der Waals surface area contributed by atoms with E-state index in [-0.39, 0.29) is 17.1 Å². The minimum atomic E-state index is -5.02. The molecule has 1 heterocycles. The van der Waals surface area contributed by atoms with E-state index in [9.17, 15) is 23.1 Å². The van der Waals surface area contributed by atoms with Gasteiger partial charge in [-0.05, 0) is 30.5 Å². The minimum absolute atomic E-state index is 0.182. The van der Waals surface area contributed by atoms with Crippen molar-refractivity contribution in [3.05, 3.63) is 23.8 Å². The molecular formula is C20H27F3N2O4. The number of benzene rings is 1. The molecule has 0 saturated heterocycles. The number of hydrogen-bond acceptors (Lipinski definition) is 5. The number of hydrazone groups is 1. The monoisotopic (exact) mass is 416 g/mol. The Hall–Kier alpha value is -2.29. The molecule has 0 aromatic heterocycles. The molecule has 1 aliphatic heterocycles. The van der Waals surface area contributed by atoms with Crippen LogP contribution >= 0.6 is 0 Å². The Morgan fingerprint density at radius 2 is 1.90 bits per heavy atom. The molecule has 6 nitrogen and oxygen atoms in total. The molecule has 9 heteroatoms. The maximum Gasteiger partial charge on any atom is 0.438 e. The SMILES string of the molecule is CCCCCCC1=NN(C(=O)Cc2ccc(OC)c(OC)c2)[C@@](O)(C(F)(F)F)C1. The lowest BCUT2D eigenvalue weighted by Gasteiger charge is -2.32. The normalized spacial score (nSPS) is 19.3. The summed E-state index contributed by atoms with van der Waals surface area (Å²) in [6.07, 6.45) is -2.30. The van der Waals surface area contributed by atoms with Crippen LogP contribution in [-0.2, 0) is 11.2 Å². The highest BCUT2D eigenvalue weighted by Crippen LogP contribution is 2.41. The highest BCUT2D eigenvalue weighted by Gasteiger charge is 2.62. The molecule has 162 valence electrons. The molecule has 1 N–H and O–H groups in total. The van der Waals surface area contributed by atoms with Gasteiger partial charge in [0, 0.05) is 12.1 Å². The first kappa shape index (κ1) is 23.0. The highest BCUT2D eigenvalue weighted by molar-refractivity contribution is 5.91. The number of alkyl halides is 3. The van der Waals surface area contributed by atoms with Gasteiger partial charge in [0.05, 0.1) is 20.6 Å². The number of unbranched alkanes of at least 4 members (excludes halogenated alkanes) is 3. The summed E-state index contributed by atoms with van der Waals surface area (Å²) < 4.78 is 51.0. The van der Waals surface area contributed by atoms with Crippen molar-refractivity contribution in [2.45, 2.75) is 63.8 Å². The number of rotatable bonds is 9. The molecule has 0 fully saturated rings. The van der Waals surface area contributed by atoms with Crippen LogP contribution in [0.15, 0.2) is 23.3 Å². The molecule has 1 aromatic rings. The van der Waals surface area contributed by atoms with Gasteiger partial charge in [-0.15, -0.1) is 0 Å². The van der Waals surface area contributed by atoms with Crippen LogP contribution in [0.5, 0.6) is 11.5 Å². The summed E-state index contributed by atoms with van der Waals surface area (Å²) in [5.41, 5.74) is -2.72. The molecule has 0 spiro atoms. The van der Waals surface area contributed by atoms with Crippen molar-refractivity contribution in [3.8, 4) is 11.5 Å². The lowest BCUT2D eigenvalue weighted by atomic mass is 10.0. The Labute approximate surface area is 168 Å². The summed E-state index contributed by atoms with van der Waals surface area (Å²) >= 11 is 0. The standard InChI is InChI=1S/C20H27F3N2O4/c1-4-5-6-7-8-15-13-19(27,20(21,22)23)25(24-15)18(26)12-14-9-10-16(28-2)17(11-14)29-3/h9-11,27H,4-8,12-13H2,1-3H3/t19-/m0/s1. The van der Waals surface area contributed by atoms with Gasteiger partial charge in [-0.1, -0.05) is 32.3 Å². The van der Waals surface area contributed by atoms with Crippen molar-refractivity contribution in [1.82, 2.24) is 5.01 Å². The second-order valence-electron chi connectivity index (χ2n) is 7.04. The van der Waals surface area contributed by atoms with Crippen LogP contribution in [0.3, 0.4) is 0 Å². The fraction of sp³-hybridized carbons (Fsp3) is 0.600. The van der Waals surface area contributed by atoms with Gasteiger partial charge in [-0.25, -0.2) is 0 Å². The average Bonchev–Trinajstić information content (AvgIpc) is 3.03. The molecule has 0 radical (unpaired) electrons. The number of carbonyl (C=O) groups excluding carboxylic acids is 1. The van der Waals surface area contributed by atoms with Gasteiger partial charge < -0.3 is 14.6 Å². The summed E-state index contributed by atoms with van der Waals surface area (Å²) in [6.45, 7) is 2.03. The summed E-state index contributed by atoms with van der Waals surface area (Å²) in [4.78, 5) is 12.6. The molecule has 0 unspecified atom stereocenters. The van der Waals surface area contributed by atoms with Gasteiger partial charge in [0.25, 0.3) is 5.72 Å². The van der Waals surface area contributed by atoms with Crippen molar-refractivity contribution in [3.63, 3.8) is 0 Å². The molecule has 0 bridgehead atoms. The van der Waals surface area contributed by atoms with Crippen molar-refractivity contribution < 1.29 is 32.5 Å². The Morgan fingerprint density at radius 1 is 1.21 bits per heavy atom. The number of nitrogens with zero attached hydrogens (tertiary/aromatic N) is 2. The maximum atomic E-state index is 13.6. The van der Waals surface area contributed by atoms with E-state index in [1.54, 1.807) is 12.1 Å². The minimum Gasteiger partial charge on any atom is -0.493 e. The summed E-state index contributed by atoms with van der Waals surface area (Å²) in [5.74, 6) is -0.157. The number of carbonyl (C=O) groups is 1. The molecule has 1 aromatic carbocycles. The number of methoxy groups -OCH3 is 2. The van der Waals surface area contributed by atoms with Crippen molar-refractivity contribution >= 4 is 11.6 Å². The van der Waals surface area contributed by atoms with Gasteiger partial charge in [-0.3, -0.25) is 4.79 Å². The third kappa shape index (κ3) is 5.20. The molecule has 0 saturated carbocycles. The molecular weight excluding hydrogens is 389 g/mol. The Kier molecular flexibility index (Phi) is 7.51. The van der Waals surface area contributed by atoms with Crippen LogP contribution < -0.4 is 9.47 Å². The lowest BCUT2D eigenvalue weighted by molar-refractivity contribution is -0.302.